The van der Waals surface area contributed by atoms with Crippen LogP contribution in [0, 0.1) is 0 Å². The van der Waals surface area contributed by atoms with E-state index in [0.717, 1.165) is 27.2 Å². The molecule has 0 unspecified atom stereocenters. The number of anilines is 1. The SMILES string of the molecule is NC(=O)c1ccc(NCc2cc(Br)c3c(c2)OCO3)cc1. The highest BCUT2D eigenvalue weighted by molar-refractivity contribution is 9.10. The van der Waals surface area contributed by atoms with Crippen LogP contribution in [0.15, 0.2) is 40.9 Å². The van der Waals surface area contributed by atoms with Crippen molar-refractivity contribution in [2.45, 2.75) is 6.54 Å². The molecule has 0 bridgehead atoms. The summed E-state index contributed by atoms with van der Waals surface area (Å²) in [6.07, 6.45) is 0. The lowest BCUT2D eigenvalue weighted by molar-refractivity contribution is 0.100. The lowest BCUT2D eigenvalue weighted by Crippen LogP contribution is -2.10. The Morgan fingerprint density at radius 1 is 1.24 bits per heavy atom. The summed E-state index contributed by atoms with van der Waals surface area (Å²) >= 11 is 3.47. The van der Waals surface area contributed by atoms with E-state index in [1.807, 2.05) is 24.3 Å². The molecule has 3 rings (SSSR count). The molecule has 0 spiro atoms. The van der Waals surface area contributed by atoms with E-state index in [4.69, 9.17) is 15.2 Å². The minimum atomic E-state index is -0.429. The summed E-state index contributed by atoms with van der Waals surface area (Å²) in [4.78, 5) is 11.0. The highest BCUT2D eigenvalue weighted by atomic mass is 79.9. The molecule has 108 valence electrons. The highest BCUT2D eigenvalue weighted by Crippen LogP contribution is 2.40. The highest BCUT2D eigenvalue weighted by Gasteiger charge is 2.17. The van der Waals surface area contributed by atoms with E-state index in [1.54, 1.807) is 12.1 Å². The number of hydrogen-bond donors (Lipinski definition) is 2. The molecule has 0 saturated heterocycles. The first-order valence-electron chi connectivity index (χ1n) is 6.35. The van der Waals surface area contributed by atoms with E-state index in [-0.39, 0.29) is 6.79 Å². The van der Waals surface area contributed by atoms with Gasteiger partial charge in [-0.05, 0) is 57.9 Å². The quantitative estimate of drug-likeness (QED) is 0.890. The third-order valence-electron chi connectivity index (χ3n) is 3.15. The van der Waals surface area contributed by atoms with E-state index in [2.05, 4.69) is 21.2 Å². The molecule has 2 aromatic carbocycles. The monoisotopic (exact) mass is 348 g/mol. The minimum absolute atomic E-state index is 0.249. The van der Waals surface area contributed by atoms with Crippen molar-refractivity contribution in [1.29, 1.82) is 0 Å². The summed E-state index contributed by atoms with van der Waals surface area (Å²) < 4.78 is 11.6. The van der Waals surface area contributed by atoms with Gasteiger partial charge in [-0.1, -0.05) is 0 Å². The van der Waals surface area contributed by atoms with Crippen LogP contribution in [0.4, 0.5) is 5.69 Å². The standard InChI is InChI=1S/C15H13BrN2O3/c16-12-5-9(6-13-14(12)21-8-20-13)7-18-11-3-1-10(2-4-11)15(17)19/h1-6,18H,7-8H2,(H2,17,19). The summed E-state index contributed by atoms with van der Waals surface area (Å²) in [5.41, 5.74) is 7.67. The Morgan fingerprint density at radius 3 is 2.71 bits per heavy atom. The molecule has 1 aliphatic rings. The summed E-state index contributed by atoms with van der Waals surface area (Å²) in [5, 5.41) is 3.28. The van der Waals surface area contributed by atoms with Gasteiger partial charge < -0.3 is 20.5 Å². The van der Waals surface area contributed by atoms with Gasteiger partial charge in [0.25, 0.3) is 0 Å². The number of hydrogen-bond acceptors (Lipinski definition) is 4. The van der Waals surface area contributed by atoms with Crippen LogP contribution in [0.25, 0.3) is 0 Å². The number of carbonyl (C=O) groups is 1. The van der Waals surface area contributed by atoms with Crippen molar-refractivity contribution in [2.24, 2.45) is 5.73 Å². The van der Waals surface area contributed by atoms with Gasteiger partial charge in [-0.2, -0.15) is 0 Å². The van der Waals surface area contributed by atoms with Crippen molar-refractivity contribution in [3.8, 4) is 11.5 Å². The average molecular weight is 349 g/mol. The second kappa shape index (κ2) is 5.65. The molecule has 0 aromatic heterocycles. The predicted octanol–water partition coefficient (Wildman–Crippen LogP) is 2.89. The Labute approximate surface area is 130 Å². The van der Waals surface area contributed by atoms with Crippen LogP contribution in [0.1, 0.15) is 15.9 Å². The second-order valence-electron chi connectivity index (χ2n) is 4.61. The number of benzene rings is 2. The molecule has 0 radical (unpaired) electrons. The van der Waals surface area contributed by atoms with Gasteiger partial charge in [0, 0.05) is 17.8 Å². The van der Waals surface area contributed by atoms with Crippen LogP contribution < -0.4 is 20.5 Å². The van der Waals surface area contributed by atoms with E-state index in [9.17, 15) is 4.79 Å². The smallest absolute Gasteiger partial charge is 0.248 e. The molecular weight excluding hydrogens is 336 g/mol. The first-order chi connectivity index (χ1) is 10.1. The summed E-state index contributed by atoms with van der Waals surface area (Å²) in [6.45, 7) is 0.880. The van der Waals surface area contributed by atoms with Crippen molar-refractivity contribution in [3.63, 3.8) is 0 Å². The summed E-state index contributed by atoms with van der Waals surface area (Å²) in [7, 11) is 0. The van der Waals surface area contributed by atoms with Gasteiger partial charge >= 0.3 is 0 Å². The summed E-state index contributed by atoms with van der Waals surface area (Å²) in [6, 6.07) is 11.0. The van der Waals surface area contributed by atoms with Crippen LogP contribution in [0.2, 0.25) is 0 Å². The molecular formula is C15H13BrN2O3. The van der Waals surface area contributed by atoms with Gasteiger partial charge in [0.15, 0.2) is 11.5 Å². The minimum Gasteiger partial charge on any atom is -0.454 e. The molecule has 0 saturated carbocycles. The van der Waals surface area contributed by atoms with Gasteiger partial charge in [0.1, 0.15) is 0 Å². The fourth-order valence-electron chi connectivity index (χ4n) is 2.08. The van der Waals surface area contributed by atoms with E-state index in [0.29, 0.717) is 12.1 Å². The summed E-state index contributed by atoms with van der Waals surface area (Å²) in [5.74, 6) is 1.05. The Morgan fingerprint density at radius 2 is 2.00 bits per heavy atom. The zero-order chi connectivity index (χ0) is 14.8. The Balaban J connectivity index is 1.70. The molecule has 0 atom stereocenters. The van der Waals surface area contributed by atoms with Crippen LogP contribution in [-0.4, -0.2) is 12.7 Å². The normalized spacial score (nSPS) is 12.2. The molecule has 0 aliphatic carbocycles. The van der Waals surface area contributed by atoms with Crippen molar-refractivity contribution in [3.05, 3.63) is 52.0 Å². The number of carbonyl (C=O) groups excluding carboxylic acids is 1. The van der Waals surface area contributed by atoms with Gasteiger partial charge in [-0.15, -0.1) is 0 Å². The number of nitrogens with two attached hydrogens (primary N) is 1. The van der Waals surface area contributed by atoms with Crippen molar-refractivity contribution in [1.82, 2.24) is 0 Å². The van der Waals surface area contributed by atoms with Crippen molar-refractivity contribution < 1.29 is 14.3 Å². The Hall–Kier alpha value is -2.21. The Bertz CT molecular complexity index is 686. The third-order valence-corrected chi connectivity index (χ3v) is 3.74. The van der Waals surface area contributed by atoms with Crippen molar-refractivity contribution in [2.75, 3.05) is 12.1 Å². The number of rotatable bonds is 4. The molecule has 0 fully saturated rings. The number of fused-ring (bicyclic) bond motifs is 1. The zero-order valence-corrected chi connectivity index (χ0v) is 12.6. The molecule has 1 aliphatic heterocycles. The lowest BCUT2D eigenvalue weighted by atomic mass is 10.1. The van der Waals surface area contributed by atoms with Crippen LogP contribution in [0.5, 0.6) is 11.5 Å². The Kier molecular flexibility index (Phi) is 3.70. The third kappa shape index (κ3) is 2.95. The fraction of sp³-hybridized carbons (Fsp3) is 0.133. The molecule has 2 aromatic rings. The maximum absolute atomic E-state index is 11.0. The van der Waals surface area contributed by atoms with Gasteiger partial charge in [-0.25, -0.2) is 0 Å². The van der Waals surface area contributed by atoms with Gasteiger partial charge in [0.2, 0.25) is 12.7 Å². The number of primary amides is 1. The average Bonchev–Trinajstić information content (AvgIpc) is 2.94. The lowest BCUT2D eigenvalue weighted by Gasteiger charge is -2.09. The first kappa shape index (κ1) is 13.8. The molecule has 1 amide bonds. The number of amides is 1. The van der Waals surface area contributed by atoms with E-state index in [1.165, 1.54) is 0 Å². The van der Waals surface area contributed by atoms with Gasteiger partial charge in [0.05, 0.1) is 4.47 Å². The van der Waals surface area contributed by atoms with Crippen LogP contribution in [-0.2, 0) is 6.54 Å². The largest absolute Gasteiger partial charge is 0.454 e. The zero-order valence-electron chi connectivity index (χ0n) is 11.1. The maximum Gasteiger partial charge on any atom is 0.248 e. The topological polar surface area (TPSA) is 73.6 Å². The molecule has 1 heterocycles. The van der Waals surface area contributed by atoms with Gasteiger partial charge in [-0.3, -0.25) is 4.79 Å². The van der Waals surface area contributed by atoms with Crippen molar-refractivity contribution >= 4 is 27.5 Å². The molecule has 3 N–H and O–H groups in total. The molecule has 21 heavy (non-hydrogen) atoms. The van der Waals surface area contributed by atoms with E-state index < -0.39 is 5.91 Å². The molecule has 5 nitrogen and oxygen atoms in total. The van der Waals surface area contributed by atoms with E-state index >= 15 is 0 Å². The fourth-order valence-corrected chi connectivity index (χ4v) is 2.68. The second-order valence-corrected chi connectivity index (χ2v) is 5.46. The molecule has 6 heteroatoms. The first-order valence-corrected chi connectivity index (χ1v) is 7.14. The number of ether oxygens (including phenoxy) is 2. The van der Waals surface area contributed by atoms with Crippen LogP contribution in [0.3, 0.4) is 0 Å². The maximum atomic E-state index is 11.0. The predicted molar refractivity (Wildman–Crippen MR) is 82.6 cm³/mol. The number of nitrogens with one attached hydrogen (secondary N) is 1. The van der Waals surface area contributed by atoms with Crippen LogP contribution >= 0.6 is 15.9 Å². The number of halogens is 1.